The van der Waals surface area contributed by atoms with Crippen LogP contribution >= 0.6 is 0 Å². The lowest BCUT2D eigenvalue weighted by Gasteiger charge is -2.17. The Balaban J connectivity index is 2.40. The second-order valence-electron chi connectivity index (χ2n) is 3.83. The van der Waals surface area contributed by atoms with Crippen molar-refractivity contribution in [1.29, 1.82) is 0 Å². The number of oxime groups is 1. The number of rotatable bonds is 3. The molecule has 1 heterocycles. The number of hydrogen-bond acceptors (Lipinski definition) is 4. The van der Waals surface area contributed by atoms with E-state index in [0.717, 1.165) is 18.8 Å². The Kier molecular flexibility index (Phi) is 2.99. The third-order valence-electron chi connectivity index (χ3n) is 3.02. The van der Waals surface area contributed by atoms with Crippen molar-refractivity contribution in [2.75, 3.05) is 25.1 Å². The summed E-state index contributed by atoms with van der Waals surface area (Å²) in [6, 6.07) is 6.01. The van der Waals surface area contributed by atoms with Crippen molar-refractivity contribution in [3.8, 4) is 5.75 Å². The van der Waals surface area contributed by atoms with Crippen LogP contribution in [-0.4, -0.2) is 31.6 Å². The summed E-state index contributed by atoms with van der Waals surface area (Å²) in [6.45, 7) is 3.92. The Morgan fingerprint density at radius 1 is 1.62 bits per heavy atom. The van der Waals surface area contributed by atoms with Crippen LogP contribution in [0, 0.1) is 0 Å². The molecule has 1 unspecified atom stereocenters. The van der Waals surface area contributed by atoms with Crippen LogP contribution in [0.15, 0.2) is 23.4 Å². The zero-order chi connectivity index (χ0) is 11.5. The van der Waals surface area contributed by atoms with Crippen molar-refractivity contribution >= 4 is 11.9 Å². The van der Waals surface area contributed by atoms with Gasteiger partial charge in [0.2, 0.25) is 0 Å². The summed E-state index contributed by atoms with van der Waals surface area (Å²) in [5.41, 5.74) is 2.37. The first-order valence-electron chi connectivity index (χ1n) is 5.40. The average molecular weight is 220 g/mol. The van der Waals surface area contributed by atoms with Gasteiger partial charge >= 0.3 is 0 Å². The van der Waals surface area contributed by atoms with Crippen LogP contribution in [0.1, 0.15) is 18.4 Å². The van der Waals surface area contributed by atoms with E-state index >= 15 is 0 Å². The summed E-state index contributed by atoms with van der Waals surface area (Å²) < 4.78 is 5.22. The first kappa shape index (κ1) is 10.8. The van der Waals surface area contributed by atoms with Crippen LogP contribution < -0.4 is 9.64 Å². The molecule has 1 aliphatic rings. The van der Waals surface area contributed by atoms with Gasteiger partial charge in [0.05, 0.1) is 13.3 Å². The molecular formula is C12H16N2O2. The quantitative estimate of drug-likeness (QED) is 0.482. The molecule has 1 aliphatic heterocycles. The molecule has 0 aromatic heterocycles. The number of anilines is 1. The Morgan fingerprint density at radius 2 is 2.44 bits per heavy atom. The minimum absolute atomic E-state index is 0.172. The maximum atomic E-state index is 8.64. The Bertz CT molecular complexity index is 404. The van der Waals surface area contributed by atoms with Gasteiger partial charge in [-0.05, 0) is 18.6 Å². The molecule has 0 aliphatic carbocycles. The van der Waals surface area contributed by atoms with Gasteiger partial charge in [0.1, 0.15) is 5.75 Å². The third kappa shape index (κ3) is 1.71. The van der Waals surface area contributed by atoms with Crippen molar-refractivity contribution in [3.05, 3.63) is 23.8 Å². The molecule has 1 atom stereocenters. The summed E-state index contributed by atoms with van der Waals surface area (Å²) in [5.74, 6) is 1.03. The lowest BCUT2D eigenvalue weighted by molar-refractivity contribution is 0.320. The SMILES string of the molecule is CCN1CC(/C=N/O)c2ccc(OC)cc21. The number of benzene rings is 1. The predicted molar refractivity (Wildman–Crippen MR) is 63.9 cm³/mol. The topological polar surface area (TPSA) is 45.1 Å². The largest absolute Gasteiger partial charge is 0.497 e. The van der Waals surface area contributed by atoms with E-state index in [1.54, 1.807) is 13.3 Å². The van der Waals surface area contributed by atoms with Gasteiger partial charge in [0, 0.05) is 30.8 Å². The standard InChI is InChI=1S/C12H16N2O2/c1-3-14-8-9(7-13-15)11-5-4-10(16-2)6-12(11)14/h4-7,9,15H,3,8H2,1-2H3/b13-7+. The van der Waals surface area contributed by atoms with Crippen LogP contribution in [0.3, 0.4) is 0 Å². The van der Waals surface area contributed by atoms with E-state index in [2.05, 4.69) is 17.0 Å². The second kappa shape index (κ2) is 4.43. The minimum atomic E-state index is 0.172. The monoisotopic (exact) mass is 220 g/mol. The summed E-state index contributed by atoms with van der Waals surface area (Å²) in [4.78, 5) is 2.25. The second-order valence-corrected chi connectivity index (χ2v) is 3.83. The highest BCUT2D eigenvalue weighted by molar-refractivity contribution is 5.77. The van der Waals surface area contributed by atoms with E-state index in [9.17, 15) is 0 Å². The number of fused-ring (bicyclic) bond motifs is 1. The molecule has 16 heavy (non-hydrogen) atoms. The van der Waals surface area contributed by atoms with E-state index in [1.807, 2.05) is 18.2 Å². The molecule has 0 amide bonds. The highest BCUT2D eigenvalue weighted by Crippen LogP contribution is 2.37. The number of likely N-dealkylation sites (N-methyl/N-ethyl adjacent to an activating group) is 1. The van der Waals surface area contributed by atoms with Gasteiger partial charge in [0.25, 0.3) is 0 Å². The van der Waals surface area contributed by atoms with Gasteiger partial charge in [-0.1, -0.05) is 6.07 Å². The van der Waals surface area contributed by atoms with E-state index < -0.39 is 0 Å². The van der Waals surface area contributed by atoms with Gasteiger partial charge in [0.15, 0.2) is 0 Å². The zero-order valence-corrected chi connectivity index (χ0v) is 9.55. The Hall–Kier alpha value is -1.71. The van der Waals surface area contributed by atoms with Crippen molar-refractivity contribution in [2.45, 2.75) is 12.8 Å². The maximum absolute atomic E-state index is 8.64. The molecule has 1 N–H and O–H groups in total. The summed E-state index contributed by atoms with van der Waals surface area (Å²) in [7, 11) is 1.67. The first-order valence-corrected chi connectivity index (χ1v) is 5.40. The van der Waals surface area contributed by atoms with E-state index in [0.29, 0.717) is 0 Å². The number of methoxy groups -OCH3 is 1. The number of ether oxygens (including phenoxy) is 1. The molecule has 0 spiro atoms. The third-order valence-corrected chi connectivity index (χ3v) is 3.02. The summed E-state index contributed by atoms with van der Waals surface area (Å²) in [5, 5.41) is 11.8. The van der Waals surface area contributed by atoms with Crippen molar-refractivity contribution in [3.63, 3.8) is 0 Å². The highest BCUT2D eigenvalue weighted by Gasteiger charge is 2.26. The number of nitrogens with zero attached hydrogens (tertiary/aromatic N) is 2. The molecular weight excluding hydrogens is 204 g/mol. The van der Waals surface area contributed by atoms with Crippen molar-refractivity contribution in [1.82, 2.24) is 0 Å². The van der Waals surface area contributed by atoms with E-state index in [1.165, 1.54) is 11.3 Å². The summed E-state index contributed by atoms with van der Waals surface area (Å²) >= 11 is 0. The van der Waals surface area contributed by atoms with Crippen molar-refractivity contribution in [2.24, 2.45) is 5.16 Å². The van der Waals surface area contributed by atoms with Gasteiger partial charge in [-0.3, -0.25) is 0 Å². The molecule has 0 fully saturated rings. The van der Waals surface area contributed by atoms with Gasteiger partial charge in [-0.25, -0.2) is 0 Å². The minimum Gasteiger partial charge on any atom is -0.497 e. The molecule has 4 nitrogen and oxygen atoms in total. The molecule has 0 radical (unpaired) electrons. The Morgan fingerprint density at radius 3 is 3.06 bits per heavy atom. The van der Waals surface area contributed by atoms with Crippen molar-refractivity contribution < 1.29 is 9.94 Å². The zero-order valence-electron chi connectivity index (χ0n) is 9.55. The van der Waals surface area contributed by atoms with Crippen LogP contribution in [0.25, 0.3) is 0 Å². The van der Waals surface area contributed by atoms with Crippen LogP contribution in [0.2, 0.25) is 0 Å². The number of hydrogen-bond donors (Lipinski definition) is 1. The first-order chi connectivity index (χ1) is 7.80. The Labute approximate surface area is 95.1 Å². The predicted octanol–water partition coefficient (Wildman–Crippen LogP) is 2.08. The molecule has 1 aromatic rings. The van der Waals surface area contributed by atoms with Gasteiger partial charge < -0.3 is 14.8 Å². The molecule has 86 valence electrons. The summed E-state index contributed by atoms with van der Waals surface area (Å²) in [6.07, 6.45) is 1.58. The smallest absolute Gasteiger partial charge is 0.120 e. The fraction of sp³-hybridized carbons (Fsp3) is 0.417. The van der Waals surface area contributed by atoms with Crippen LogP contribution in [0.4, 0.5) is 5.69 Å². The van der Waals surface area contributed by atoms with Gasteiger partial charge in [-0.2, -0.15) is 0 Å². The fourth-order valence-corrected chi connectivity index (χ4v) is 2.18. The molecule has 1 aromatic carbocycles. The average Bonchev–Trinajstić information content (AvgIpc) is 2.67. The molecule has 0 bridgehead atoms. The van der Waals surface area contributed by atoms with Crippen LogP contribution in [-0.2, 0) is 0 Å². The molecule has 0 saturated carbocycles. The molecule has 4 heteroatoms. The lowest BCUT2D eigenvalue weighted by atomic mass is 10.0. The van der Waals surface area contributed by atoms with E-state index in [4.69, 9.17) is 9.94 Å². The highest BCUT2D eigenvalue weighted by atomic mass is 16.5. The van der Waals surface area contributed by atoms with E-state index in [-0.39, 0.29) is 5.92 Å². The fourth-order valence-electron chi connectivity index (χ4n) is 2.18. The van der Waals surface area contributed by atoms with Gasteiger partial charge in [-0.15, -0.1) is 5.16 Å². The molecule has 2 rings (SSSR count). The lowest BCUT2D eigenvalue weighted by Crippen LogP contribution is -2.21. The van der Waals surface area contributed by atoms with Crippen LogP contribution in [0.5, 0.6) is 5.75 Å². The maximum Gasteiger partial charge on any atom is 0.120 e. The normalized spacial score (nSPS) is 19.1. The molecule has 0 saturated heterocycles.